The van der Waals surface area contributed by atoms with Gasteiger partial charge in [0.2, 0.25) is 10.0 Å². The van der Waals surface area contributed by atoms with Gasteiger partial charge < -0.3 is 10.1 Å². The van der Waals surface area contributed by atoms with Crippen molar-refractivity contribution in [2.45, 2.75) is 24.4 Å². The van der Waals surface area contributed by atoms with Crippen molar-refractivity contribution in [1.29, 1.82) is 0 Å². The molecule has 2 rings (SSSR count). The number of halogens is 3. The Hall–Kier alpha value is -2.59. The van der Waals surface area contributed by atoms with Gasteiger partial charge in [0.15, 0.2) is 0 Å². The maximum absolute atomic E-state index is 13.0. The highest BCUT2D eigenvalue weighted by molar-refractivity contribution is 7.89. The van der Waals surface area contributed by atoms with Gasteiger partial charge in [0.25, 0.3) is 5.91 Å². The molecule has 0 aromatic heterocycles. The summed E-state index contributed by atoms with van der Waals surface area (Å²) in [5, 5.41) is 2.39. The van der Waals surface area contributed by atoms with Crippen molar-refractivity contribution < 1.29 is 31.1 Å². The zero-order valence-corrected chi connectivity index (χ0v) is 15.9. The summed E-state index contributed by atoms with van der Waals surface area (Å²) < 4.78 is 69.9. The van der Waals surface area contributed by atoms with E-state index in [1.165, 1.54) is 31.3 Å². The molecule has 2 N–H and O–H groups in total. The molecule has 0 fully saturated rings. The Morgan fingerprint density at radius 3 is 2.29 bits per heavy atom. The van der Waals surface area contributed by atoms with Crippen LogP contribution in [0.1, 0.15) is 29.3 Å². The van der Waals surface area contributed by atoms with Crippen molar-refractivity contribution in [3.05, 3.63) is 53.6 Å². The normalized spacial score (nSPS) is 11.9. The predicted molar refractivity (Wildman–Crippen MR) is 97.9 cm³/mol. The van der Waals surface area contributed by atoms with E-state index in [2.05, 4.69) is 10.0 Å². The molecule has 0 bridgehead atoms. The summed E-state index contributed by atoms with van der Waals surface area (Å²) in [6.45, 7) is 2.11. The molecule has 6 nitrogen and oxygen atoms in total. The Bertz CT molecular complexity index is 942. The van der Waals surface area contributed by atoms with E-state index in [1.54, 1.807) is 0 Å². The molecular formula is C18H19F3N2O4S. The van der Waals surface area contributed by atoms with Crippen LogP contribution in [0.4, 0.5) is 18.9 Å². The lowest BCUT2D eigenvalue weighted by molar-refractivity contribution is -0.137. The zero-order chi connectivity index (χ0) is 20.9. The van der Waals surface area contributed by atoms with Gasteiger partial charge in [-0.1, -0.05) is 6.92 Å². The minimum atomic E-state index is -4.58. The third kappa shape index (κ3) is 5.23. The lowest BCUT2D eigenvalue weighted by atomic mass is 10.1. The third-order valence-corrected chi connectivity index (χ3v) is 5.14. The number of hydrogen-bond acceptors (Lipinski definition) is 4. The van der Waals surface area contributed by atoms with Gasteiger partial charge in [-0.3, -0.25) is 4.79 Å². The summed E-state index contributed by atoms with van der Waals surface area (Å²) in [6.07, 6.45) is -3.94. The molecule has 28 heavy (non-hydrogen) atoms. The second kappa shape index (κ2) is 8.61. The van der Waals surface area contributed by atoms with E-state index < -0.39 is 27.7 Å². The minimum absolute atomic E-state index is 0.0439. The molecule has 10 heteroatoms. The van der Waals surface area contributed by atoms with Gasteiger partial charge in [0.05, 0.1) is 22.8 Å². The number of benzene rings is 2. The van der Waals surface area contributed by atoms with Crippen molar-refractivity contribution in [1.82, 2.24) is 4.72 Å². The van der Waals surface area contributed by atoms with Crippen molar-refractivity contribution in [2.24, 2.45) is 0 Å². The fraction of sp³-hybridized carbons (Fsp3) is 0.278. The molecule has 0 radical (unpaired) electrons. The van der Waals surface area contributed by atoms with Crippen molar-refractivity contribution in [2.75, 3.05) is 19.0 Å². The Labute approximate surface area is 160 Å². The summed E-state index contributed by atoms with van der Waals surface area (Å²) >= 11 is 0. The quantitative estimate of drug-likeness (QED) is 0.722. The monoisotopic (exact) mass is 416 g/mol. The first-order valence-electron chi connectivity index (χ1n) is 8.27. The van der Waals surface area contributed by atoms with Crippen molar-refractivity contribution in [3.8, 4) is 5.75 Å². The number of nitrogens with one attached hydrogen (secondary N) is 2. The van der Waals surface area contributed by atoms with E-state index in [9.17, 15) is 26.4 Å². The van der Waals surface area contributed by atoms with Gasteiger partial charge in [0.1, 0.15) is 5.75 Å². The highest BCUT2D eigenvalue weighted by atomic mass is 32.2. The SMILES string of the molecule is CCCOc1ccc(C(F)(F)F)cc1NC(=O)c1ccc(S(=O)(=O)NC)cc1. The van der Waals surface area contributed by atoms with Gasteiger partial charge in [-0.25, -0.2) is 13.1 Å². The number of alkyl halides is 3. The van der Waals surface area contributed by atoms with Gasteiger partial charge in [-0.15, -0.1) is 0 Å². The van der Waals surface area contributed by atoms with E-state index in [1.807, 2.05) is 6.92 Å². The van der Waals surface area contributed by atoms with Crippen LogP contribution in [0.25, 0.3) is 0 Å². The van der Waals surface area contributed by atoms with Gasteiger partial charge >= 0.3 is 6.18 Å². The number of hydrogen-bond donors (Lipinski definition) is 2. The highest BCUT2D eigenvalue weighted by Crippen LogP contribution is 2.35. The van der Waals surface area contributed by atoms with E-state index in [4.69, 9.17) is 4.74 Å². The minimum Gasteiger partial charge on any atom is -0.491 e. The Balaban J connectivity index is 2.31. The molecule has 152 valence electrons. The van der Waals surface area contributed by atoms with Crippen LogP contribution in [0.15, 0.2) is 47.4 Å². The number of ether oxygens (including phenoxy) is 1. The Morgan fingerprint density at radius 1 is 1.11 bits per heavy atom. The topological polar surface area (TPSA) is 84.5 Å². The van der Waals surface area contributed by atoms with E-state index >= 15 is 0 Å². The van der Waals surface area contributed by atoms with Gasteiger partial charge in [-0.05, 0) is 55.9 Å². The third-order valence-electron chi connectivity index (χ3n) is 3.71. The van der Waals surface area contributed by atoms with Crippen LogP contribution in [-0.4, -0.2) is 28.0 Å². The molecule has 0 heterocycles. The van der Waals surface area contributed by atoms with Gasteiger partial charge in [-0.2, -0.15) is 13.2 Å². The smallest absolute Gasteiger partial charge is 0.416 e. The fourth-order valence-corrected chi connectivity index (χ4v) is 2.97. The lowest BCUT2D eigenvalue weighted by Gasteiger charge is -2.15. The van der Waals surface area contributed by atoms with Gasteiger partial charge in [0, 0.05) is 5.56 Å². The number of anilines is 1. The van der Waals surface area contributed by atoms with Crippen LogP contribution in [0, 0.1) is 0 Å². The number of rotatable bonds is 7. The van der Waals surface area contributed by atoms with Crippen LogP contribution in [-0.2, 0) is 16.2 Å². The second-order valence-electron chi connectivity index (χ2n) is 5.74. The molecular weight excluding hydrogens is 397 g/mol. The summed E-state index contributed by atoms with van der Waals surface area (Å²) in [5.41, 5.74) is -0.976. The first-order chi connectivity index (χ1) is 13.1. The number of carbonyl (C=O) groups is 1. The first kappa shape index (κ1) is 21.7. The summed E-state index contributed by atoms with van der Waals surface area (Å²) in [5.74, 6) is -0.591. The molecule has 0 saturated carbocycles. The molecule has 0 aliphatic heterocycles. The van der Waals surface area contributed by atoms with Crippen LogP contribution >= 0.6 is 0 Å². The number of amides is 1. The summed E-state index contributed by atoms with van der Waals surface area (Å²) in [7, 11) is -2.41. The second-order valence-corrected chi connectivity index (χ2v) is 7.63. The van der Waals surface area contributed by atoms with E-state index in [0.29, 0.717) is 6.42 Å². The molecule has 2 aromatic carbocycles. The average Bonchev–Trinajstić information content (AvgIpc) is 2.66. The van der Waals surface area contributed by atoms with Crippen LogP contribution in [0.3, 0.4) is 0 Å². The number of sulfonamides is 1. The number of carbonyl (C=O) groups excluding carboxylic acids is 1. The standard InChI is InChI=1S/C18H19F3N2O4S/c1-3-10-27-16-9-6-13(18(19,20)21)11-15(16)23-17(24)12-4-7-14(8-5-12)28(25,26)22-2/h4-9,11,22H,3,10H2,1-2H3,(H,23,24). The maximum Gasteiger partial charge on any atom is 0.416 e. The summed E-state index contributed by atoms with van der Waals surface area (Å²) in [6, 6.07) is 7.79. The summed E-state index contributed by atoms with van der Waals surface area (Å²) in [4.78, 5) is 12.4. The molecule has 0 aliphatic rings. The van der Waals surface area contributed by atoms with E-state index in [-0.39, 0.29) is 28.5 Å². The molecule has 0 saturated heterocycles. The van der Waals surface area contributed by atoms with Crippen LogP contribution in [0.2, 0.25) is 0 Å². The Morgan fingerprint density at radius 2 is 1.75 bits per heavy atom. The van der Waals surface area contributed by atoms with Crippen molar-refractivity contribution >= 4 is 21.6 Å². The maximum atomic E-state index is 13.0. The van der Waals surface area contributed by atoms with Crippen LogP contribution < -0.4 is 14.8 Å². The van der Waals surface area contributed by atoms with Crippen molar-refractivity contribution in [3.63, 3.8) is 0 Å². The zero-order valence-electron chi connectivity index (χ0n) is 15.1. The molecule has 2 aromatic rings. The molecule has 0 unspecified atom stereocenters. The molecule has 0 spiro atoms. The first-order valence-corrected chi connectivity index (χ1v) is 9.76. The molecule has 1 amide bonds. The Kier molecular flexibility index (Phi) is 6.68. The fourth-order valence-electron chi connectivity index (χ4n) is 2.24. The average molecular weight is 416 g/mol. The molecule has 0 atom stereocenters. The van der Waals surface area contributed by atoms with E-state index in [0.717, 1.165) is 18.2 Å². The largest absolute Gasteiger partial charge is 0.491 e. The molecule has 0 aliphatic carbocycles. The van der Waals surface area contributed by atoms with Crippen LogP contribution in [0.5, 0.6) is 5.75 Å². The lowest BCUT2D eigenvalue weighted by Crippen LogP contribution is -2.19. The predicted octanol–water partition coefficient (Wildman–Crippen LogP) is 3.65. The highest BCUT2D eigenvalue weighted by Gasteiger charge is 2.31.